The Bertz CT molecular complexity index is 613. The summed E-state index contributed by atoms with van der Waals surface area (Å²) in [7, 11) is -4.22. The van der Waals surface area contributed by atoms with Gasteiger partial charge in [-0.3, -0.25) is 0 Å². The molecule has 0 amide bonds. The van der Waals surface area contributed by atoms with E-state index in [2.05, 4.69) is 0 Å². The molecule has 2 unspecified atom stereocenters. The summed E-state index contributed by atoms with van der Waals surface area (Å²) in [5.74, 6) is -0.252. The average molecular weight is 323 g/mol. The molecule has 118 valence electrons. The summed E-state index contributed by atoms with van der Waals surface area (Å²) in [6.07, 6.45) is -4.99. The van der Waals surface area contributed by atoms with Crippen molar-refractivity contribution in [2.24, 2.45) is 5.92 Å². The number of rotatable bonds is 3. The first-order valence-electron chi connectivity index (χ1n) is 6.48. The van der Waals surface area contributed by atoms with E-state index in [9.17, 15) is 26.7 Å². The minimum absolute atomic E-state index is 0.0339. The third kappa shape index (κ3) is 3.22. The van der Waals surface area contributed by atoms with Gasteiger partial charge in [-0.25, -0.2) is 8.42 Å². The Morgan fingerprint density at radius 3 is 2.48 bits per heavy atom. The van der Waals surface area contributed by atoms with Crippen molar-refractivity contribution in [3.05, 3.63) is 29.8 Å². The predicted octanol–water partition coefficient (Wildman–Crippen LogP) is 2.10. The van der Waals surface area contributed by atoms with E-state index in [1.165, 1.54) is 6.07 Å². The maximum Gasteiger partial charge on any atom is 0.417 e. The Morgan fingerprint density at radius 1 is 1.33 bits per heavy atom. The first kappa shape index (κ1) is 16.3. The van der Waals surface area contributed by atoms with Gasteiger partial charge in [-0.05, 0) is 31.4 Å². The standard InChI is InChI=1S/C13H16F3NO3S/c1-9(18)10-6-7-17(8-10)21(19,20)12-5-3-2-4-11(12)13(14,15)16/h2-5,9-10,18H,6-8H2,1H3. The lowest BCUT2D eigenvalue weighted by molar-refractivity contribution is -0.139. The predicted molar refractivity (Wildman–Crippen MR) is 70.0 cm³/mol. The van der Waals surface area contributed by atoms with Gasteiger partial charge in [-0.1, -0.05) is 12.1 Å². The van der Waals surface area contributed by atoms with Crippen LogP contribution in [0.4, 0.5) is 13.2 Å². The van der Waals surface area contributed by atoms with Crippen LogP contribution >= 0.6 is 0 Å². The van der Waals surface area contributed by atoms with Gasteiger partial charge < -0.3 is 5.11 Å². The highest BCUT2D eigenvalue weighted by molar-refractivity contribution is 7.89. The average Bonchev–Trinajstić information content (AvgIpc) is 2.88. The Balaban J connectivity index is 2.38. The van der Waals surface area contributed by atoms with Crippen LogP contribution in [0.1, 0.15) is 18.9 Å². The molecule has 1 aliphatic heterocycles. The largest absolute Gasteiger partial charge is 0.417 e. The number of hydrogen-bond acceptors (Lipinski definition) is 3. The molecule has 0 saturated carbocycles. The van der Waals surface area contributed by atoms with Crippen molar-refractivity contribution in [2.45, 2.75) is 30.5 Å². The number of halogens is 3. The van der Waals surface area contributed by atoms with Crippen molar-refractivity contribution in [2.75, 3.05) is 13.1 Å². The fourth-order valence-electron chi connectivity index (χ4n) is 2.43. The fourth-order valence-corrected chi connectivity index (χ4v) is 4.15. The van der Waals surface area contributed by atoms with E-state index >= 15 is 0 Å². The number of nitrogens with zero attached hydrogens (tertiary/aromatic N) is 1. The van der Waals surface area contributed by atoms with Gasteiger partial charge in [0.05, 0.1) is 16.6 Å². The van der Waals surface area contributed by atoms with E-state index in [1.54, 1.807) is 6.92 Å². The summed E-state index contributed by atoms with van der Waals surface area (Å²) in [5.41, 5.74) is -1.16. The highest BCUT2D eigenvalue weighted by Crippen LogP contribution is 2.36. The van der Waals surface area contributed by atoms with Crippen LogP contribution in [0.2, 0.25) is 0 Å². The quantitative estimate of drug-likeness (QED) is 0.927. The Hall–Kier alpha value is -1.12. The number of alkyl halides is 3. The summed E-state index contributed by atoms with van der Waals surface area (Å²) in [6.45, 7) is 1.70. The topological polar surface area (TPSA) is 57.6 Å². The number of aliphatic hydroxyl groups is 1. The van der Waals surface area contributed by atoms with Crippen LogP contribution in [0.15, 0.2) is 29.2 Å². The summed E-state index contributed by atoms with van der Waals surface area (Å²) in [6, 6.07) is 4.15. The normalized spacial score (nSPS) is 22.4. The molecule has 0 aromatic heterocycles. The summed E-state index contributed by atoms with van der Waals surface area (Å²) in [4.78, 5) is -0.733. The molecular formula is C13H16F3NO3S. The number of hydrogen-bond donors (Lipinski definition) is 1. The zero-order chi connectivity index (χ0) is 15.8. The molecule has 1 fully saturated rings. The van der Waals surface area contributed by atoms with Crippen LogP contribution < -0.4 is 0 Å². The minimum Gasteiger partial charge on any atom is -0.393 e. The third-order valence-electron chi connectivity index (χ3n) is 3.68. The van der Waals surface area contributed by atoms with Crippen LogP contribution in [0.3, 0.4) is 0 Å². The molecule has 1 heterocycles. The molecule has 4 nitrogen and oxygen atoms in total. The van der Waals surface area contributed by atoms with E-state index in [-0.39, 0.29) is 19.0 Å². The second-order valence-corrected chi connectivity index (χ2v) is 7.05. The van der Waals surface area contributed by atoms with E-state index in [1.807, 2.05) is 0 Å². The van der Waals surface area contributed by atoms with Crippen LogP contribution in [-0.4, -0.2) is 37.0 Å². The lowest BCUT2D eigenvalue weighted by Gasteiger charge is -2.20. The van der Waals surface area contributed by atoms with Crippen molar-refractivity contribution in [3.63, 3.8) is 0 Å². The molecule has 1 aromatic carbocycles. The van der Waals surface area contributed by atoms with E-state index < -0.39 is 32.8 Å². The Kier molecular flexibility index (Phi) is 4.32. The van der Waals surface area contributed by atoms with Gasteiger partial charge in [-0.15, -0.1) is 0 Å². The van der Waals surface area contributed by atoms with Crippen LogP contribution in [-0.2, 0) is 16.2 Å². The van der Waals surface area contributed by atoms with Gasteiger partial charge in [0.1, 0.15) is 0 Å². The number of benzene rings is 1. The molecule has 21 heavy (non-hydrogen) atoms. The van der Waals surface area contributed by atoms with Gasteiger partial charge in [0, 0.05) is 13.1 Å². The first-order valence-corrected chi connectivity index (χ1v) is 7.92. The fraction of sp³-hybridized carbons (Fsp3) is 0.538. The van der Waals surface area contributed by atoms with Crippen LogP contribution in [0.25, 0.3) is 0 Å². The first-order chi connectivity index (χ1) is 9.64. The highest BCUT2D eigenvalue weighted by Gasteiger charge is 2.41. The smallest absolute Gasteiger partial charge is 0.393 e. The van der Waals surface area contributed by atoms with Crippen LogP contribution in [0.5, 0.6) is 0 Å². The molecule has 0 spiro atoms. The lowest BCUT2D eigenvalue weighted by atomic mass is 10.0. The molecule has 1 saturated heterocycles. The van der Waals surface area contributed by atoms with Crippen molar-refractivity contribution >= 4 is 10.0 Å². The molecule has 0 aliphatic carbocycles. The summed E-state index contributed by atoms with van der Waals surface area (Å²) < 4.78 is 64.7. The second-order valence-electron chi connectivity index (χ2n) is 5.15. The van der Waals surface area contributed by atoms with E-state index in [4.69, 9.17) is 0 Å². The molecule has 1 aromatic rings. The monoisotopic (exact) mass is 323 g/mol. The maximum atomic E-state index is 12.9. The van der Waals surface area contributed by atoms with Crippen molar-refractivity contribution < 1.29 is 26.7 Å². The van der Waals surface area contributed by atoms with Crippen molar-refractivity contribution in [1.29, 1.82) is 0 Å². The number of sulfonamides is 1. The molecule has 0 radical (unpaired) electrons. The van der Waals surface area contributed by atoms with Gasteiger partial charge in [0.25, 0.3) is 0 Å². The van der Waals surface area contributed by atoms with E-state index in [0.29, 0.717) is 6.42 Å². The SMILES string of the molecule is CC(O)C1CCN(S(=O)(=O)c2ccccc2C(F)(F)F)C1. The van der Waals surface area contributed by atoms with Crippen molar-refractivity contribution in [1.82, 2.24) is 4.31 Å². The van der Waals surface area contributed by atoms with Crippen molar-refractivity contribution in [3.8, 4) is 0 Å². The summed E-state index contributed by atoms with van der Waals surface area (Å²) >= 11 is 0. The van der Waals surface area contributed by atoms with Gasteiger partial charge in [0.15, 0.2) is 0 Å². The molecule has 2 atom stereocenters. The minimum atomic E-state index is -4.73. The number of aliphatic hydroxyl groups excluding tert-OH is 1. The summed E-state index contributed by atoms with van der Waals surface area (Å²) in [5, 5.41) is 9.49. The highest BCUT2D eigenvalue weighted by atomic mass is 32.2. The molecule has 1 aliphatic rings. The molecule has 8 heteroatoms. The zero-order valence-electron chi connectivity index (χ0n) is 11.3. The molecule has 2 rings (SSSR count). The third-order valence-corrected chi connectivity index (χ3v) is 5.60. The zero-order valence-corrected chi connectivity index (χ0v) is 12.2. The Morgan fingerprint density at radius 2 is 1.95 bits per heavy atom. The molecule has 0 bridgehead atoms. The Labute approximate surface area is 121 Å². The van der Waals surface area contributed by atoms with Gasteiger partial charge >= 0.3 is 6.18 Å². The van der Waals surface area contributed by atoms with Gasteiger partial charge in [0.2, 0.25) is 10.0 Å². The lowest BCUT2D eigenvalue weighted by Crippen LogP contribution is -2.32. The maximum absolute atomic E-state index is 12.9. The molecule has 1 N–H and O–H groups in total. The van der Waals surface area contributed by atoms with E-state index in [0.717, 1.165) is 22.5 Å². The van der Waals surface area contributed by atoms with Crippen LogP contribution in [0, 0.1) is 5.92 Å². The second kappa shape index (κ2) is 5.58. The van der Waals surface area contributed by atoms with Gasteiger partial charge in [-0.2, -0.15) is 17.5 Å². The molecular weight excluding hydrogens is 307 g/mol.